The lowest BCUT2D eigenvalue weighted by Crippen LogP contribution is -2.33. The molecule has 0 saturated heterocycles. The van der Waals surface area contributed by atoms with Crippen molar-refractivity contribution in [1.82, 2.24) is 15.2 Å². The van der Waals surface area contributed by atoms with Crippen molar-refractivity contribution in [3.63, 3.8) is 0 Å². The maximum absolute atomic E-state index is 9.62. The zero-order valence-corrected chi connectivity index (χ0v) is 11.2. The zero-order chi connectivity index (χ0) is 12.8. The molecule has 0 aliphatic carbocycles. The number of aromatic hydroxyl groups is 1. The lowest BCUT2D eigenvalue weighted by molar-refractivity contribution is 0.273. The van der Waals surface area contributed by atoms with E-state index in [2.05, 4.69) is 36.1 Å². The van der Waals surface area contributed by atoms with E-state index in [0.717, 1.165) is 24.5 Å². The molecule has 4 nitrogen and oxygen atoms in total. The minimum absolute atomic E-state index is 0.264. The predicted molar refractivity (Wildman–Crippen MR) is 70.1 cm³/mol. The average molecular weight is 237 g/mol. The molecule has 4 heteroatoms. The van der Waals surface area contributed by atoms with Gasteiger partial charge in [-0.05, 0) is 40.0 Å². The average Bonchev–Trinajstić information content (AvgIpc) is 2.28. The Labute approximate surface area is 104 Å². The molecule has 1 aromatic rings. The first-order chi connectivity index (χ1) is 8.00. The summed E-state index contributed by atoms with van der Waals surface area (Å²) in [6, 6.07) is 4.06. The molecule has 0 fully saturated rings. The van der Waals surface area contributed by atoms with Gasteiger partial charge >= 0.3 is 0 Å². The fourth-order valence-corrected chi connectivity index (χ4v) is 1.45. The molecule has 0 unspecified atom stereocenters. The first-order valence-corrected chi connectivity index (χ1v) is 6.07. The minimum Gasteiger partial charge on any atom is -0.506 e. The minimum atomic E-state index is 0.264. The third-order valence-electron chi connectivity index (χ3n) is 2.90. The smallest absolute Gasteiger partial charge is 0.138 e. The molecule has 0 atom stereocenters. The highest BCUT2D eigenvalue weighted by Gasteiger charge is 2.04. The monoisotopic (exact) mass is 237 g/mol. The van der Waals surface area contributed by atoms with E-state index in [4.69, 9.17) is 0 Å². The Balaban J connectivity index is 2.33. The van der Waals surface area contributed by atoms with Crippen LogP contribution in [0.3, 0.4) is 0 Å². The number of hydrogen-bond acceptors (Lipinski definition) is 4. The second-order valence-electron chi connectivity index (χ2n) is 4.67. The maximum Gasteiger partial charge on any atom is 0.138 e. The van der Waals surface area contributed by atoms with Crippen LogP contribution in [0.1, 0.15) is 25.2 Å². The van der Waals surface area contributed by atoms with Crippen molar-refractivity contribution in [3.05, 3.63) is 23.5 Å². The molecule has 2 N–H and O–H groups in total. The topological polar surface area (TPSA) is 48.4 Å². The van der Waals surface area contributed by atoms with E-state index in [9.17, 15) is 5.11 Å². The van der Waals surface area contributed by atoms with Crippen molar-refractivity contribution >= 4 is 0 Å². The number of pyridine rings is 1. The lowest BCUT2D eigenvalue weighted by Gasteiger charge is -2.20. The summed E-state index contributed by atoms with van der Waals surface area (Å²) in [5, 5.41) is 12.9. The summed E-state index contributed by atoms with van der Waals surface area (Å²) in [5.41, 5.74) is 1.65. The van der Waals surface area contributed by atoms with E-state index in [-0.39, 0.29) is 5.75 Å². The van der Waals surface area contributed by atoms with Gasteiger partial charge in [0.05, 0.1) is 5.69 Å². The largest absolute Gasteiger partial charge is 0.506 e. The highest BCUT2D eigenvalue weighted by atomic mass is 16.3. The van der Waals surface area contributed by atoms with Crippen molar-refractivity contribution in [2.45, 2.75) is 33.4 Å². The molecular weight excluding hydrogens is 214 g/mol. The van der Waals surface area contributed by atoms with E-state index in [1.165, 1.54) is 0 Å². The molecular formula is C13H23N3O. The number of likely N-dealkylation sites (N-methyl/N-ethyl adjacent to an activating group) is 1. The number of rotatable bonds is 6. The second-order valence-corrected chi connectivity index (χ2v) is 4.67. The molecule has 0 aromatic carbocycles. The van der Waals surface area contributed by atoms with Crippen LogP contribution < -0.4 is 5.32 Å². The van der Waals surface area contributed by atoms with Gasteiger partial charge in [0, 0.05) is 31.4 Å². The van der Waals surface area contributed by atoms with Crippen LogP contribution in [-0.4, -0.2) is 41.2 Å². The maximum atomic E-state index is 9.62. The summed E-state index contributed by atoms with van der Waals surface area (Å²) < 4.78 is 0. The number of nitrogens with one attached hydrogen (secondary N) is 1. The third-order valence-corrected chi connectivity index (χ3v) is 2.90. The van der Waals surface area contributed by atoms with Crippen molar-refractivity contribution in [3.8, 4) is 5.75 Å². The Hall–Kier alpha value is -1.13. The summed E-state index contributed by atoms with van der Waals surface area (Å²) in [4.78, 5) is 6.57. The summed E-state index contributed by atoms with van der Waals surface area (Å²) in [6.07, 6.45) is 0. The Bertz CT molecular complexity index is 353. The summed E-state index contributed by atoms with van der Waals surface area (Å²) in [6.45, 7) is 8.77. The van der Waals surface area contributed by atoms with Crippen LogP contribution in [0, 0.1) is 6.92 Å². The third kappa shape index (κ3) is 4.71. The van der Waals surface area contributed by atoms with Gasteiger partial charge in [0.15, 0.2) is 0 Å². The van der Waals surface area contributed by atoms with E-state index in [1.807, 2.05) is 13.0 Å². The molecule has 17 heavy (non-hydrogen) atoms. The number of aryl methyl sites for hydroxylation is 1. The highest BCUT2D eigenvalue weighted by Crippen LogP contribution is 2.13. The molecule has 0 spiro atoms. The molecule has 0 saturated carbocycles. The number of hydrogen-bond donors (Lipinski definition) is 2. The van der Waals surface area contributed by atoms with Gasteiger partial charge in [-0.2, -0.15) is 0 Å². The molecule has 0 aliphatic heterocycles. The van der Waals surface area contributed by atoms with Gasteiger partial charge in [-0.15, -0.1) is 0 Å². The van der Waals surface area contributed by atoms with Crippen molar-refractivity contribution in [1.29, 1.82) is 0 Å². The Morgan fingerprint density at radius 3 is 2.76 bits per heavy atom. The quantitative estimate of drug-likeness (QED) is 0.737. The Kier molecular flexibility index (Phi) is 5.38. The van der Waals surface area contributed by atoms with Crippen LogP contribution in [0.2, 0.25) is 0 Å². The zero-order valence-electron chi connectivity index (χ0n) is 11.2. The van der Waals surface area contributed by atoms with Gasteiger partial charge in [-0.1, -0.05) is 0 Å². The van der Waals surface area contributed by atoms with Gasteiger partial charge in [-0.25, -0.2) is 0 Å². The van der Waals surface area contributed by atoms with E-state index in [1.54, 1.807) is 6.07 Å². The van der Waals surface area contributed by atoms with Crippen LogP contribution in [0.15, 0.2) is 12.1 Å². The van der Waals surface area contributed by atoms with Crippen molar-refractivity contribution < 1.29 is 5.11 Å². The highest BCUT2D eigenvalue weighted by molar-refractivity contribution is 5.27. The SMILES string of the molecule is Cc1ccc(O)c(CNCCN(C)C(C)C)n1. The molecule has 0 aliphatic rings. The first-order valence-electron chi connectivity index (χ1n) is 6.07. The molecule has 0 bridgehead atoms. The van der Waals surface area contributed by atoms with E-state index >= 15 is 0 Å². The predicted octanol–water partition coefficient (Wildman–Crippen LogP) is 1.53. The van der Waals surface area contributed by atoms with Crippen molar-refractivity contribution in [2.24, 2.45) is 0 Å². The Morgan fingerprint density at radius 2 is 2.12 bits per heavy atom. The molecule has 0 radical (unpaired) electrons. The molecule has 1 heterocycles. The van der Waals surface area contributed by atoms with Gasteiger partial charge in [-0.3, -0.25) is 4.98 Å². The summed E-state index contributed by atoms with van der Waals surface area (Å²) in [7, 11) is 2.11. The molecule has 96 valence electrons. The summed E-state index contributed by atoms with van der Waals surface area (Å²) in [5.74, 6) is 0.264. The molecule has 1 aromatic heterocycles. The van der Waals surface area contributed by atoms with Crippen molar-refractivity contribution in [2.75, 3.05) is 20.1 Å². The van der Waals surface area contributed by atoms with Gasteiger partial charge in [0.1, 0.15) is 5.75 Å². The van der Waals surface area contributed by atoms with Crippen LogP contribution in [0.25, 0.3) is 0 Å². The van der Waals surface area contributed by atoms with Gasteiger partial charge in [0.2, 0.25) is 0 Å². The summed E-state index contributed by atoms with van der Waals surface area (Å²) >= 11 is 0. The van der Waals surface area contributed by atoms with Crippen LogP contribution in [0.5, 0.6) is 5.75 Å². The fourth-order valence-electron chi connectivity index (χ4n) is 1.45. The number of aromatic nitrogens is 1. The van der Waals surface area contributed by atoms with E-state index < -0.39 is 0 Å². The van der Waals surface area contributed by atoms with E-state index in [0.29, 0.717) is 12.6 Å². The Morgan fingerprint density at radius 1 is 1.41 bits per heavy atom. The van der Waals surface area contributed by atoms with Crippen LogP contribution in [-0.2, 0) is 6.54 Å². The van der Waals surface area contributed by atoms with Gasteiger partial charge < -0.3 is 15.3 Å². The number of nitrogens with zero attached hydrogens (tertiary/aromatic N) is 2. The lowest BCUT2D eigenvalue weighted by atomic mass is 10.3. The fraction of sp³-hybridized carbons (Fsp3) is 0.615. The molecule has 1 rings (SSSR count). The van der Waals surface area contributed by atoms with Crippen LogP contribution in [0.4, 0.5) is 0 Å². The normalized spacial score (nSPS) is 11.4. The standard InChI is InChI=1S/C13H23N3O/c1-10(2)16(4)8-7-14-9-12-13(17)6-5-11(3)15-12/h5-6,10,14,17H,7-9H2,1-4H3. The van der Waals surface area contributed by atoms with Crippen LogP contribution >= 0.6 is 0 Å². The van der Waals surface area contributed by atoms with Gasteiger partial charge in [0.25, 0.3) is 0 Å². The first kappa shape index (κ1) is 13.9. The molecule has 0 amide bonds. The second kappa shape index (κ2) is 6.57.